The highest BCUT2D eigenvalue weighted by Crippen LogP contribution is 2.22. The molecular formula is C20H23NO3S. The molecule has 0 saturated carbocycles. The first kappa shape index (κ1) is 17.7. The SMILES string of the molecule is O=S(=O)(/C=C/c1ccccc1)N1CCCC(COc2ccccc2)C1. The number of rotatable bonds is 6. The van der Waals surface area contributed by atoms with Crippen LogP contribution in [0.15, 0.2) is 66.1 Å². The maximum atomic E-state index is 12.6. The minimum atomic E-state index is -3.40. The molecule has 25 heavy (non-hydrogen) atoms. The Labute approximate surface area is 149 Å². The van der Waals surface area contributed by atoms with Crippen LogP contribution < -0.4 is 4.74 Å². The molecular weight excluding hydrogens is 334 g/mol. The Kier molecular flexibility index (Phi) is 5.89. The summed E-state index contributed by atoms with van der Waals surface area (Å²) in [6, 6.07) is 19.1. The Morgan fingerprint density at radius 1 is 1.04 bits per heavy atom. The normalized spacial score (nSPS) is 19.1. The van der Waals surface area contributed by atoms with Gasteiger partial charge >= 0.3 is 0 Å². The average Bonchev–Trinajstić information content (AvgIpc) is 2.67. The first-order valence-corrected chi connectivity index (χ1v) is 10.0. The van der Waals surface area contributed by atoms with Crippen molar-refractivity contribution in [3.8, 4) is 5.75 Å². The van der Waals surface area contributed by atoms with E-state index in [1.165, 1.54) is 5.41 Å². The maximum Gasteiger partial charge on any atom is 0.236 e. The van der Waals surface area contributed by atoms with Gasteiger partial charge in [0.25, 0.3) is 0 Å². The first-order chi connectivity index (χ1) is 12.1. The standard InChI is InChI=1S/C20H23NO3S/c22-25(23,15-13-18-8-3-1-4-9-18)21-14-7-10-19(16-21)17-24-20-11-5-2-6-12-20/h1-6,8-9,11-13,15,19H,7,10,14,16-17H2/b15-13+. The molecule has 1 unspecified atom stereocenters. The van der Waals surface area contributed by atoms with E-state index in [1.54, 1.807) is 10.4 Å². The topological polar surface area (TPSA) is 46.6 Å². The van der Waals surface area contributed by atoms with E-state index in [0.29, 0.717) is 19.7 Å². The van der Waals surface area contributed by atoms with Crippen LogP contribution in [-0.2, 0) is 10.0 Å². The number of piperidine rings is 1. The lowest BCUT2D eigenvalue weighted by atomic mass is 10.0. The van der Waals surface area contributed by atoms with Crippen molar-refractivity contribution < 1.29 is 13.2 Å². The molecule has 0 radical (unpaired) electrons. The fourth-order valence-corrected chi connectivity index (χ4v) is 4.24. The van der Waals surface area contributed by atoms with Crippen LogP contribution in [0.4, 0.5) is 0 Å². The molecule has 4 nitrogen and oxygen atoms in total. The van der Waals surface area contributed by atoms with Crippen molar-refractivity contribution in [1.29, 1.82) is 0 Å². The van der Waals surface area contributed by atoms with Crippen molar-refractivity contribution in [3.05, 3.63) is 71.6 Å². The summed E-state index contributed by atoms with van der Waals surface area (Å²) in [6.45, 7) is 1.62. The summed E-state index contributed by atoms with van der Waals surface area (Å²) >= 11 is 0. The minimum absolute atomic E-state index is 0.217. The van der Waals surface area contributed by atoms with Gasteiger partial charge in [0.05, 0.1) is 6.61 Å². The summed E-state index contributed by atoms with van der Waals surface area (Å²) in [4.78, 5) is 0. The van der Waals surface area contributed by atoms with Crippen LogP contribution in [0.5, 0.6) is 5.75 Å². The van der Waals surface area contributed by atoms with Gasteiger partial charge in [0, 0.05) is 24.4 Å². The number of hydrogen-bond acceptors (Lipinski definition) is 3. The third kappa shape index (κ3) is 5.18. The summed E-state index contributed by atoms with van der Waals surface area (Å²) in [7, 11) is -3.40. The molecule has 0 spiro atoms. The highest BCUT2D eigenvalue weighted by molar-refractivity contribution is 7.92. The van der Waals surface area contributed by atoms with Crippen LogP contribution in [0, 0.1) is 5.92 Å². The first-order valence-electron chi connectivity index (χ1n) is 8.54. The quantitative estimate of drug-likeness (QED) is 0.790. The molecule has 1 heterocycles. The summed E-state index contributed by atoms with van der Waals surface area (Å²) in [5, 5.41) is 1.31. The fraction of sp³-hybridized carbons (Fsp3) is 0.300. The molecule has 132 valence electrons. The van der Waals surface area contributed by atoms with Gasteiger partial charge in [-0.05, 0) is 36.6 Å². The number of para-hydroxylation sites is 1. The minimum Gasteiger partial charge on any atom is -0.493 e. The van der Waals surface area contributed by atoms with E-state index in [0.717, 1.165) is 24.2 Å². The van der Waals surface area contributed by atoms with Crippen molar-refractivity contribution >= 4 is 16.1 Å². The second-order valence-electron chi connectivity index (χ2n) is 6.25. The van der Waals surface area contributed by atoms with E-state index in [1.807, 2.05) is 60.7 Å². The highest BCUT2D eigenvalue weighted by atomic mass is 32.2. The number of hydrogen-bond donors (Lipinski definition) is 0. The van der Waals surface area contributed by atoms with Crippen molar-refractivity contribution in [3.63, 3.8) is 0 Å². The van der Waals surface area contributed by atoms with Crippen LogP contribution in [0.3, 0.4) is 0 Å². The van der Waals surface area contributed by atoms with Gasteiger partial charge in [-0.1, -0.05) is 48.5 Å². The lowest BCUT2D eigenvalue weighted by Crippen LogP contribution is -2.40. The zero-order valence-electron chi connectivity index (χ0n) is 14.1. The zero-order chi connectivity index (χ0) is 17.5. The number of nitrogens with zero attached hydrogens (tertiary/aromatic N) is 1. The van der Waals surface area contributed by atoms with Gasteiger partial charge in [-0.15, -0.1) is 0 Å². The van der Waals surface area contributed by atoms with E-state index in [-0.39, 0.29) is 5.92 Å². The van der Waals surface area contributed by atoms with Gasteiger partial charge in [-0.3, -0.25) is 0 Å². The predicted molar refractivity (Wildman–Crippen MR) is 101 cm³/mol. The second-order valence-corrected chi connectivity index (χ2v) is 8.07. The van der Waals surface area contributed by atoms with Gasteiger partial charge < -0.3 is 4.74 Å². The van der Waals surface area contributed by atoms with Crippen LogP contribution in [-0.4, -0.2) is 32.4 Å². The van der Waals surface area contributed by atoms with Crippen molar-refractivity contribution in [2.45, 2.75) is 12.8 Å². The van der Waals surface area contributed by atoms with Crippen LogP contribution >= 0.6 is 0 Å². The summed E-state index contributed by atoms with van der Waals surface area (Å²) in [5.41, 5.74) is 0.882. The Balaban J connectivity index is 1.59. The molecule has 1 saturated heterocycles. The molecule has 0 aliphatic carbocycles. The summed E-state index contributed by atoms with van der Waals surface area (Å²) < 4.78 is 32.5. The van der Waals surface area contributed by atoms with Gasteiger partial charge in [-0.2, -0.15) is 4.31 Å². The molecule has 1 fully saturated rings. The summed E-state index contributed by atoms with van der Waals surface area (Å²) in [5.74, 6) is 1.04. The Bertz CT molecular complexity index is 788. The monoisotopic (exact) mass is 357 g/mol. The molecule has 3 rings (SSSR count). The van der Waals surface area contributed by atoms with E-state index in [4.69, 9.17) is 4.74 Å². The third-order valence-corrected chi connectivity index (χ3v) is 5.83. The molecule has 2 aromatic rings. The molecule has 0 aromatic heterocycles. The smallest absolute Gasteiger partial charge is 0.236 e. The van der Waals surface area contributed by atoms with Crippen LogP contribution in [0.2, 0.25) is 0 Å². The van der Waals surface area contributed by atoms with Gasteiger partial charge in [0.15, 0.2) is 0 Å². The highest BCUT2D eigenvalue weighted by Gasteiger charge is 2.27. The molecule has 1 aliphatic rings. The Morgan fingerprint density at radius 3 is 2.44 bits per heavy atom. The predicted octanol–water partition coefficient (Wildman–Crippen LogP) is 3.78. The van der Waals surface area contributed by atoms with E-state index < -0.39 is 10.0 Å². The van der Waals surface area contributed by atoms with E-state index in [9.17, 15) is 8.42 Å². The Morgan fingerprint density at radius 2 is 1.72 bits per heavy atom. The lowest BCUT2D eigenvalue weighted by molar-refractivity contribution is 0.181. The van der Waals surface area contributed by atoms with E-state index >= 15 is 0 Å². The van der Waals surface area contributed by atoms with Crippen LogP contribution in [0.25, 0.3) is 6.08 Å². The van der Waals surface area contributed by atoms with E-state index in [2.05, 4.69) is 0 Å². The molecule has 2 aromatic carbocycles. The maximum absolute atomic E-state index is 12.6. The molecule has 0 N–H and O–H groups in total. The number of ether oxygens (including phenoxy) is 1. The van der Waals surface area contributed by atoms with Gasteiger partial charge in [-0.25, -0.2) is 8.42 Å². The van der Waals surface area contributed by atoms with Crippen molar-refractivity contribution in [2.24, 2.45) is 5.92 Å². The zero-order valence-corrected chi connectivity index (χ0v) is 14.9. The van der Waals surface area contributed by atoms with Gasteiger partial charge in [0.1, 0.15) is 5.75 Å². The van der Waals surface area contributed by atoms with Crippen molar-refractivity contribution in [1.82, 2.24) is 4.31 Å². The number of sulfonamides is 1. The average molecular weight is 357 g/mol. The largest absolute Gasteiger partial charge is 0.493 e. The third-order valence-electron chi connectivity index (χ3n) is 4.30. The second kappa shape index (κ2) is 8.32. The molecule has 1 aliphatic heterocycles. The number of benzene rings is 2. The molecule has 5 heteroatoms. The molecule has 0 bridgehead atoms. The summed E-state index contributed by atoms with van der Waals surface area (Å²) in [6.07, 6.45) is 3.50. The van der Waals surface area contributed by atoms with Crippen molar-refractivity contribution in [2.75, 3.05) is 19.7 Å². The lowest BCUT2D eigenvalue weighted by Gasteiger charge is -2.30. The Hall–Kier alpha value is -2.11. The van der Waals surface area contributed by atoms with Gasteiger partial charge in [0.2, 0.25) is 10.0 Å². The molecule has 1 atom stereocenters. The molecule has 0 amide bonds. The van der Waals surface area contributed by atoms with Crippen LogP contribution in [0.1, 0.15) is 18.4 Å². The fourth-order valence-electron chi connectivity index (χ4n) is 2.94.